The van der Waals surface area contributed by atoms with E-state index in [-0.39, 0.29) is 23.0 Å². The van der Waals surface area contributed by atoms with E-state index in [0.717, 1.165) is 13.0 Å². The van der Waals surface area contributed by atoms with E-state index in [4.69, 9.17) is 24.5 Å². The zero-order chi connectivity index (χ0) is 25.5. The van der Waals surface area contributed by atoms with Crippen molar-refractivity contribution in [1.29, 1.82) is 0 Å². The second-order valence-corrected chi connectivity index (χ2v) is 10.9. The van der Waals surface area contributed by atoms with Gasteiger partial charge in [0, 0.05) is 0 Å². The van der Waals surface area contributed by atoms with Gasteiger partial charge in [0.05, 0.1) is 18.8 Å². The van der Waals surface area contributed by atoms with Gasteiger partial charge >= 0.3 is 11.9 Å². The van der Waals surface area contributed by atoms with Crippen LogP contribution in [0.4, 0.5) is 0 Å². The number of aliphatic carboxylic acids is 2. The Morgan fingerprint density at radius 3 is 1.91 bits per heavy atom. The summed E-state index contributed by atoms with van der Waals surface area (Å²) >= 11 is 0. The van der Waals surface area contributed by atoms with E-state index in [1.54, 1.807) is 0 Å². The quantitative estimate of drug-likeness (QED) is 0.516. The van der Waals surface area contributed by atoms with Crippen molar-refractivity contribution < 1.29 is 24.5 Å². The summed E-state index contributed by atoms with van der Waals surface area (Å²) in [5, 5.41) is 18.5. The summed E-state index contributed by atoms with van der Waals surface area (Å²) in [7, 11) is 0. The zero-order valence-electron chi connectivity index (χ0n) is 21.2. The molecule has 2 aromatic carbocycles. The van der Waals surface area contributed by atoms with Gasteiger partial charge in [-0.15, -0.1) is 0 Å². The molecule has 0 aromatic heterocycles. The first-order valence-corrected chi connectivity index (χ1v) is 11.8. The average molecular weight is 470 g/mol. The molecule has 2 atom stereocenters. The fourth-order valence-corrected chi connectivity index (χ4v) is 3.88. The van der Waals surface area contributed by atoms with Crippen molar-refractivity contribution in [2.75, 3.05) is 6.54 Å². The van der Waals surface area contributed by atoms with Gasteiger partial charge in [0.1, 0.15) is 0 Å². The van der Waals surface area contributed by atoms with Gasteiger partial charge in [-0.1, -0.05) is 90.1 Å². The Kier molecular flexibility index (Phi) is 9.42. The van der Waals surface area contributed by atoms with Gasteiger partial charge in [0.15, 0.2) is 0 Å². The summed E-state index contributed by atoms with van der Waals surface area (Å²) in [5.74, 6) is -3.65. The number of benzene rings is 2. The summed E-state index contributed by atoms with van der Waals surface area (Å²) in [6, 6.07) is 18.0. The van der Waals surface area contributed by atoms with Crippen LogP contribution in [-0.4, -0.2) is 34.8 Å². The van der Waals surface area contributed by atoms with Crippen molar-refractivity contribution in [2.45, 2.75) is 84.0 Å². The van der Waals surface area contributed by atoms with E-state index in [1.807, 2.05) is 0 Å². The molecular weight excluding hydrogens is 430 g/mol. The van der Waals surface area contributed by atoms with Crippen LogP contribution in [-0.2, 0) is 31.8 Å². The Balaban J connectivity index is 0.000000604. The largest absolute Gasteiger partial charge is 0.473 e. The maximum atomic E-state index is 9.10. The number of carboxylic acids is 2. The maximum absolute atomic E-state index is 9.10. The van der Waals surface area contributed by atoms with Crippen molar-refractivity contribution >= 4 is 11.9 Å². The average Bonchev–Trinajstić information content (AvgIpc) is 2.77. The van der Waals surface area contributed by atoms with Crippen molar-refractivity contribution in [1.82, 2.24) is 5.32 Å². The first-order valence-electron chi connectivity index (χ1n) is 11.8. The third-order valence-electron chi connectivity index (χ3n) is 5.93. The molecule has 0 bridgehead atoms. The molecule has 0 aliphatic carbocycles. The number of carboxylic acid groups (broad SMARTS) is 2. The van der Waals surface area contributed by atoms with Crippen LogP contribution in [0, 0.1) is 0 Å². The molecule has 0 radical (unpaired) electrons. The van der Waals surface area contributed by atoms with Gasteiger partial charge in [-0.25, -0.2) is 9.59 Å². The highest BCUT2D eigenvalue weighted by Gasteiger charge is 2.27. The van der Waals surface area contributed by atoms with Crippen molar-refractivity contribution in [2.24, 2.45) is 0 Å². The number of carbonyl (C=O) groups is 2. The highest BCUT2D eigenvalue weighted by atomic mass is 16.5. The Hall–Kier alpha value is -2.70. The van der Waals surface area contributed by atoms with Gasteiger partial charge < -0.3 is 20.3 Å². The van der Waals surface area contributed by atoms with Crippen molar-refractivity contribution in [3.63, 3.8) is 0 Å². The molecule has 6 nitrogen and oxygen atoms in total. The lowest BCUT2D eigenvalue weighted by atomic mass is 9.79. The summed E-state index contributed by atoms with van der Waals surface area (Å²) in [6.07, 6.45) is 2.49. The van der Waals surface area contributed by atoms with Crippen LogP contribution < -0.4 is 5.32 Å². The summed E-state index contributed by atoms with van der Waals surface area (Å²) in [4.78, 5) is 18.2. The molecule has 1 aliphatic rings. The number of rotatable bonds is 4. The molecular formula is C28H39NO5. The normalized spacial score (nSPS) is 18.5. The smallest absolute Gasteiger partial charge is 0.414 e. The lowest BCUT2D eigenvalue weighted by molar-refractivity contribution is -0.159. The lowest BCUT2D eigenvalue weighted by Crippen LogP contribution is -2.39. The number of hydrogen-bond donors (Lipinski definition) is 3. The standard InChI is InChI=1S/C26H37NO.C2H2O4/c1-25(2,3)21-15-19(16-22(17-21)26(4,5)6)18-28-23-13-10-14-27-24(23)20-11-8-7-9-12-20;3-1(4)2(5)6/h7-9,11-12,15-17,23-24,27H,10,13-14,18H2,1-6H3;(H,3,4)(H,5,6)/t23-,24-;/m0./s1. The summed E-state index contributed by atoms with van der Waals surface area (Å²) in [6.45, 7) is 15.5. The molecule has 1 fully saturated rings. The molecule has 186 valence electrons. The molecule has 0 spiro atoms. The van der Waals surface area contributed by atoms with Crippen LogP contribution in [0.3, 0.4) is 0 Å². The van der Waals surface area contributed by atoms with Crippen molar-refractivity contribution in [3.05, 3.63) is 70.8 Å². The Bertz CT molecular complexity index is 913. The van der Waals surface area contributed by atoms with Crippen LogP contribution in [0.1, 0.15) is 82.7 Å². The minimum absolute atomic E-state index is 0.134. The van der Waals surface area contributed by atoms with Gasteiger partial charge in [-0.05, 0) is 52.5 Å². The van der Waals surface area contributed by atoms with E-state index in [2.05, 4.69) is 95.4 Å². The molecule has 3 N–H and O–H groups in total. The number of hydrogen-bond acceptors (Lipinski definition) is 4. The van der Waals surface area contributed by atoms with Crippen LogP contribution in [0.5, 0.6) is 0 Å². The van der Waals surface area contributed by atoms with E-state index < -0.39 is 11.9 Å². The van der Waals surface area contributed by atoms with Crippen LogP contribution in [0.25, 0.3) is 0 Å². The van der Waals surface area contributed by atoms with Crippen molar-refractivity contribution in [3.8, 4) is 0 Å². The Labute approximate surface area is 203 Å². The Morgan fingerprint density at radius 2 is 1.44 bits per heavy atom. The van der Waals surface area contributed by atoms with Gasteiger partial charge in [0.25, 0.3) is 0 Å². The number of ether oxygens (including phenoxy) is 1. The molecule has 3 rings (SSSR count). The molecule has 0 saturated carbocycles. The van der Waals surface area contributed by atoms with E-state index in [9.17, 15) is 0 Å². The molecule has 0 amide bonds. The van der Waals surface area contributed by atoms with E-state index in [0.29, 0.717) is 6.61 Å². The molecule has 6 heteroatoms. The third kappa shape index (κ3) is 8.26. The molecule has 34 heavy (non-hydrogen) atoms. The van der Waals surface area contributed by atoms with E-state index in [1.165, 1.54) is 28.7 Å². The fourth-order valence-electron chi connectivity index (χ4n) is 3.88. The second-order valence-electron chi connectivity index (χ2n) is 10.9. The van der Waals surface area contributed by atoms with Crippen LogP contribution >= 0.6 is 0 Å². The number of piperidine rings is 1. The fraction of sp³-hybridized carbons (Fsp3) is 0.500. The maximum Gasteiger partial charge on any atom is 0.414 e. The molecule has 2 aromatic rings. The topological polar surface area (TPSA) is 95.9 Å². The molecule has 1 aliphatic heterocycles. The van der Waals surface area contributed by atoms with Gasteiger partial charge in [0.2, 0.25) is 0 Å². The van der Waals surface area contributed by atoms with E-state index >= 15 is 0 Å². The van der Waals surface area contributed by atoms with Crippen LogP contribution in [0.2, 0.25) is 0 Å². The summed E-state index contributed by atoms with van der Waals surface area (Å²) < 4.78 is 6.51. The molecule has 1 heterocycles. The first kappa shape index (κ1) is 27.5. The SMILES string of the molecule is CC(C)(C)c1cc(CO[C@H]2CCCN[C@H]2c2ccccc2)cc(C(C)(C)C)c1.O=C(O)C(=O)O. The summed E-state index contributed by atoms with van der Waals surface area (Å²) in [5.41, 5.74) is 5.66. The number of nitrogens with one attached hydrogen (secondary N) is 1. The highest BCUT2D eigenvalue weighted by molar-refractivity contribution is 6.27. The highest BCUT2D eigenvalue weighted by Crippen LogP contribution is 2.32. The monoisotopic (exact) mass is 469 g/mol. The minimum Gasteiger partial charge on any atom is -0.473 e. The Morgan fingerprint density at radius 1 is 0.912 bits per heavy atom. The zero-order valence-corrected chi connectivity index (χ0v) is 21.2. The molecule has 0 unspecified atom stereocenters. The van der Waals surface area contributed by atoms with Crippen LogP contribution in [0.15, 0.2) is 48.5 Å². The predicted molar refractivity (Wildman–Crippen MR) is 134 cm³/mol. The third-order valence-corrected chi connectivity index (χ3v) is 5.93. The predicted octanol–water partition coefficient (Wildman–Crippen LogP) is 5.45. The minimum atomic E-state index is -1.82. The second kappa shape index (κ2) is 11.6. The van der Waals surface area contributed by atoms with Gasteiger partial charge in [-0.3, -0.25) is 0 Å². The van der Waals surface area contributed by atoms with Gasteiger partial charge in [-0.2, -0.15) is 0 Å². The lowest BCUT2D eigenvalue weighted by Gasteiger charge is -2.33. The molecule has 1 saturated heterocycles. The first-order chi connectivity index (χ1) is 15.8.